The first-order valence-electron chi connectivity index (χ1n) is 7.55. The van der Waals surface area contributed by atoms with Crippen molar-refractivity contribution in [1.29, 1.82) is 0 Å². The summed E-state index contributed by atoms with van der Waals surface area (Å²) in [6.07, 6.45) is 0. The van der Waals surface area contributed by atoms with E-state index in [2.05, 4.69) is 0 Å². The number of aliphatic hydroxyl groups is 2. The van der Waals surface area contributed by atoms with Crippen LogP contribution in [-0.2, 0) is 21.2 Å². The number of benzene rings is 2. The molecule has 0 heterocycles. The van der Waals surface area contributed by atoms with E-state index in [1.54, 1.807) is 36.4 Å². The van der Waals surface area contributed by atoms with Crippen LogP contribution in [-0.4, -0.2) is 17.3 Å². The van der Waals surface area contributed by atoms with Crippen molar-refractivity contribution in [1.82, 2.24) is 0 Å². The summed E-state index contributed by atoms with van der Waals surface area (Å²) in [6, 6.07) is 17.8. The van der Waals surface area contributed by atoms with Crippen LogP contribution in [0.2, 0.25) is 0 Å². The highest BCUT2D eigenvalue weighted by atomic mass is 17.2. The molecule has 23 heavy (non-hydrogen) atoms. The lowest BCUT2D eigenvalue weighted by Gasteiger charge is -2.49. The Balaban J connectivity index is 2.74. The van der Waals surface area contributed by atoms with Gasteiger partial charge in [0.1, 0.15) is 0 Å². The fraction of sp³-hybridized carbons (Fsp3) is 0.368. The van der Waals surface area contributed by atoms with Crippen molar-refractivity contribution in [3.05, 3.63) is 71.8 Å². The number of rotatable bonds is 5. The average Bonchev–Trinajstić information content (AvgIpc) is 2.54. The highest BCUT2D eigenvalue weighted by Gasteiger charge is 2.60. The van der Waals surface area contributed by atoms with Gasteiger partial charge >= 0.3 is 0 Å². The van der Waals surface area contributed by atoms with E-state index < -0.39 is 16.8 Å². The molecule has 0 aliphatic carbocycles. The predicted molar refractivity (Wildman–Crippen MR) is 88.2 cm³/mol. The molecule has 0 saturated carbocycles. The monoisotopic (exact) mass is 316 g/mol. The zero-order chi connectivity index (χ0) is 17.1. The van der Waals surface area contributed by atoms with Gasteiger partial charge in [0, 0.05) is 11.0 Å². The van der Waals surface area contributed by atoms with E-state index in [4.69, 9.17) is 9.78 Å². The fourth-order valence-electron chi connectivity index (χ4n) is 2.92. The molecule has 0 spiro atoms. The second kappa shape index (κ2) is 6.42. The molecule has 0 amide bonds. The lowest BCUT2D eigenvalue weighted by atomic mass is 9.65. The van der Waals surface area contributed by atoms with E-state index in [0.717, 1.165) is 0 Å². The first-order chi connectivity index (χ1) is 10.8. The maximum atomic E-state index is 11.7. The molecule has 0 fully saturated rings. The maximum Gasteiger partial charge on any atom is 0.259 e. The van der Waals surface area contributed by atoms with Crippen molar-refractivity contribution >= 4 is 0 Å². The Morgan fingerprint density at radius 3 is 1.57 bits per heavy atom. The molecule has 0 aromatic heterocycles. The van der Waals surface area contributed by atoms with Crippen LogP contribution in [0.1, 0.15) is 31.9 Å². The van der Waals surface area contributed by atoms with Crippen molar-refractivity contribution in [2.24, 2.45) is 5.41 Å². The Bertz CT molecular complexity index is 621. The smallest absolute Gasteiger partial charge is 0.259 e. The van der Waals surface area contributed by atoms with Crippen LogP contribution < -0.4 is 0 Å². The minimum Gasteiger partial charge on any atom is -0.378 e. The van der Waals surface area contributed by atoms with Crippen LogP contribution in [0.3, 0.4) is 0 Å². The molecule has 4 nitrogen and oxygen atoms in total. The minimum absolute atomic E-state index is 0.406. The van der Waals surface area contributed by atoms with Gasteiger partial charge in [-0.05, 0) is 5.56 Å². The summed E-state index contributed by atoms with van der Waals surface area (Å²) < 4.78 is 0. The number of hydrogen-bond acceptors (Lipinski definition) is 4. The van der Waals surface area contributed by atoms with Crippen LogP contribution in [0.25, 0.3) is 0 Å². The summed E-state index contributed by atoms with van der Waals surface area (Å²) in [5, 5.41) is 23.1. The molecule has 2 aromatic carbocycles. The first-order valence-corrected chi connectivity index (χ1v) is 7.55. The van der Waals surface area contributed by atoms with Crippen LogP contribution >= 0.6 is 0 Å². The summed E-state index contributed by atoms with van der Waals surface area (Å²) in [5.41, 5.74) is -1.56. The Labute approximate surface area is 137 Å². The SMILES string of the molecule is COOC(O)(c1ccccc1)C(O)(c1ccccc1)C(C)(C)C. The topological polar surface area (TPSA) is 58.9 Å². The minimum atomic E-state index is -2.08. The zero-order valence-electron chi connectivity index (χ0n) is 14.0. The third-order valence-corrected chi connectivity index (χ3v) is 4.14. The molecule has 0 radical (unpaired) electrons. The Kier molecular flexibility index (Phi) is 4.92. The van der Waals surface area contributed by atoms with E-state index in [1.165, 1.54) is 7.11 Å². The Morgan fingerprint density at radius 1 is 0.739 bits per heavy atom. The van der Waals surface area contributed by atoms with E-state index in [-0.39, 0.29) is 0 Å². The van der Waals surface area contributed by atoms with Gasteiger partial charge in [-0.2, -0.15) is 4.89 Å². The molecule has 2 rings (SSSR count). The van der Waals surface area contributed by atoms with Gasteiger partial charge in [-0.3, -0.25) is 0 Å². The van der Waals surface area contributed by atoms with Gasteiger partial charge in [0.05, 0.1) is 7.11 Å². The number of hydrogen-bond donors (Lipinski definition) is 2. The van der Waals surface area contributed by atoms with Crippen LogP contribution in [0, 0.1) is 5.41 Å². The largest absolute Gasteiger partial charge is 0.378 e. The third kappa shape index (κ3) is 2.91. The molecule has 0 saturated heterocycles. The normalized spacial score (nSPS) is 17.3. The lowest BCUT2D eigenvalue weighted by Crippen LogP contribution is -2.58. The summed E-state index contributed by atoms with van der Waals surface area (Å²) in [5.74, 6) is -2.08. The van der Waals surface area contributed by atoms with E-state index in [0.29, 0.717) is 11.1 Å². The molecule has 4 heteroatoms. The van der Waals surface area contributed by atoms with Crippen LogP contribution in [0.4, 0.5) is 0 Å². The molecule has 0 bridgehead atoms. The second-order valence-electron chi connectivity index (χ2n) is 6.59. The van der Waals surface area contributed by atoms with Gasteiger partial charge in [-0.1, -0.05) is 81.4 Å². The molecule has 2 atom stereocenters. The van der Waals surface area contributed by atoms with E-state index in [9.17, 15) is 10.2 Å². The van der Waals surface area contributed by atoms with Gasteiger partial charge in [0.25, 0.3) is 5.79 Å². The molecule has 0 aliphatic heterocycles. The molecule has 2 aromatic rings. The standard InChI is InChI=1S/C19H24O4/c1-17(2,3)18(20,15-11-7-5-8-12-15)19(21,23-22-4)16-13-9-6-10-14-16/h5-14,20-21H,1-4H3. The molecule has 124 valence electrons. The van der Waals surface area contributed by atoms with Gasteiger partial charge in [-0.25, -0.2) is 4.89 Å². The second-order valence-corrected chi connectivity index (χ2v) is 6.59. The average molecular weight is 316 g/mol. The Hall–Kier alpha value is -1.72. The van der Waals surface area contributed by atoms with Gasteiger partial charge in [-0.15, -0.1) is 0 Å². The van der Waals surface area contributed by atoms with Crippen LogP contribution in [0.15, 0.2) is 60.7 Å². The predicted octanol–water partition coefficient (Wildman–Crippen LogP) is 3.34. The van der Waals surface area contributed by atoms with Crippen molar-refractivity contribution in [3.63, 3.8) is 0 Å². The van der Waals surface area contributed by atoms with Crippen molar-refractivity contribution in [3.8, 4) is 0 Å². The molecular weight excluding hydrogens is 292 g/mol. The molecule has 0 aliphatic rings. The van der Waals surface area contributed by atoms with Crippen molar-refractivity contribution in [2.45, 2.75) is 32.2 Å². The first kappa shape index (κ1) is 17.6. The molecule has 2 unspecified atom stereocenters. The quantitative estimate of drug-likeness (QED) is 0.504. The summed E-state index contributed by atoms with van der Waals surface area (Å²) in [4.78, 5) is 10.1. The molecular formula is C19H24O4. The van der Waals surface area contributed by atoms with Gasteiger partial charge in [0.2, 0.25) is 0 Å². The fourth-order valence-corrected chi connectivity index (χ4v) is 2.92. The van der Waals surface area contributed by atoms with Crippen molar-refractivity contribution < 1.29 is 20.0 Å². The molecule has 2 N–H and O–H groups in total. The summed E-state index contributed by atoms with van der Waals surface area (Å²) >= 11 is 0. The van der Waals surface area contributed by atoms with E-state index >= 15 is 0 Å². The van der Waals surface area contributed by atoms with Crippen LogP contribution in [0.5, 0.6) is 0 Å². The third-order valence-electron chi connectivity index (χ3n) is 4.14. The summed E-state index contributed by atoms with van der Waals surface area (Å²) in [7, 11) is 1.31. The highest BCUT2D eigenvalue weighted by molar-refractivity contribution is 5.33. The summed E-state index contributed by atoms with van der Waals surface area (Å²) in [6.45, 7) is 5.52. The Morgan fingerprint density at radius 2 is 1.17 bits per heavy atom. The van der Waals surface area contributed by atoms with E-state index in [1.807, 2.05) is 45.0 Å². The highest BCUT2D eigenvalue weighted by Crippen LogP contribution is 2.52. The maximum absolute atomic E-state index is 11.7. The lowest BCUT2D eigenvalue weighted by molar-refractivity contribution is -0.472. The van der Waals surface area contributed by atoms with Gasteiger partial charge in [0.15, 0.2) is 5.60 Å². The van der Waals surface area contributed by atoms with Gasteiger partial charge < -0.3 is 10.2 Å². The zero-order valence-corrected chi connectivity index (χ0v) is 14.0. The van der Waals surface area contributed by atoms with Crippen molar-refractivity contribution in [2.75, 3.05) is 7.11 Å².